The summed E-state index contributed by atoms with van der Waals surface area (Å²) in [7, 11) is 0. The van der Waals surface area contributed by atoms with Crippen molar-refractivity contribution in [2.45, 2.75) is 31.7 Å². The van der Waals surface area contributed by atoms with E-state index in [1.54, 1.807) is 18.2 Å². The highest BCUT2D eigenvalue weighted by atomic mass is 35.5. The van der Waals surface area contributed by atoms with E-state index in [-0.39, 0.29) is 5.91 Å². The minimum Gasteiger partial charge on any atom is -0.398 e. The van der Waals surface area contributed by atoms with Crippen LogP contribution in [0.4, 0.5) is 5.69 Å². The van der Waals surface area contributed by atoms with Crippen molar-refractivity contribution in [1.82, 2.24) is 9.80 Å². The predicted molar refractivity (Wildman–Crippen MR) is 85.6 cm³/mol. The lowest BCUT2D eigenvalue weighted by molar-refractivity contribution is 0.0644. The van der Waals surface area contributed by atoms with Crippen LogP contribution in [0.5, 0.6) is 0 Å². The molecule has 2 heterocycles. The second-order valence-electron chi connectivity index (χ2n) is 6.00. The van der Waals surface area contributed by atoms with Gasteiger partial charge in [0.05, 0.1) is 10.7 Å². The minimum absolute atomic E-state index is 0.0678. The molecule has 0 atom stereocenters. The van der Waals surface area contributed by atoms with Crippen LogP contribution in [0.3, 0.4) is 0 Å². The molecule has 0 bridgehead atoms. The molecule has 2 N–H and O–H groups in total. The van der Waals surface area contributed by atoms with E-state index in [1.807, 2.05) is 4.90 Å². The van der Waals surface area contributed by atoms with Crippen LogP contribution in [0.1, 0.15) is 36.0 Å². The number of carbonyl (C=O) groups is 1. The van der Waals surface area contributed by atoms with E-state index < -0.39 is 0 Å². The average molecular weight is 308 g/mol. The van der Waals surface area contributed by atoms with E-state index in [2.05, 4.69) is 4.90 Å². The molecule has 0 unspecified atom stereocenters. The number of likely N-dealkylation sites (tertiary alicyclic amines) is 2. The maximum Gasteiger partial charge on any atom is 0.253 e. The molecule has 2 aliphatic heterocycles. The fourth-order valence-electron chi connectivity index (χ4n) is 3.40. The summed E-state index contributed by atoms with van der Waals surface area (Å²) in [4.78, 5) is 17.0. The molecule has 0 saturated carbocycles. The maximum atomic E-state index is 12.5. The molecule has 1 aromatic rings. The SMILES string of the molecule is Nc1cc(C(=O)N2CCC(N3CCCC3)CC2)ccc1Cl. The zero-order valence-electron chi connectivity index (χ0n) is 12.2. The van der Waals surface area contributed by atoms with Gasteiger partial charge in [-0.15, -0.1) is 0 Å². The molecular weight excluding hydrogens is 286 g/mol. The van der Waals surface area contributed by atoms with Crippen molar-refractivity contribution < 1.29 is 4.79 Å². The third-order valence-electron chi connectivity index (χ3n) is 4.65. The lowest BCUT2D eigenvalue weighted by atomic mass is 10.0. The number of hydrogen-bond donors (Lipinski definition) is 1. The molecule has 21 heavy (non-hydrogen) atoms. The van der Waals surface area contributed by atoms with Crippen molar-refractivity contribution in [3.05, 3.63) is 28.8 Å². The molecule has 2 aliphatic rings. The summed E-state index contributed by atoms with van der Waals surface area (Å²) < 4.78 is 0. The Morgan fingerprint density at radius 2 is 1.81 bits per heavy atom. The topological polar surface area (TPSA) is 49.6 Å². The van der Waals surface area contributed by atoms with Crippen molar-refractivity contribution >= 4 is 23.2 Å². The van der Waals surface area contributed by atoms with Gasteiger partial charge in [0.1, 0.15) is 0 Å². The molecule has 0 radical (unpaired) electrons. The third kappa shape index (κ3) is 3.16. The summed E-state index contributed by atoms with van der Waals surface area (Å²) in [5, 5.41) is 0.499. The second kappa shape index (κ2) is 6.24. The van der Waals surface area contributed by atoms with Crippen LogP contribution >= 0.6 is 11.6 Å². The monoisotopic (exact) mass is 307 g/mol. The number of hydrogen-bond acceptors (Lipinski definition) is 3. The molecule has 3 rings (SSSR count). The minimum atomic E-state index is 0.0678. The van der Waals surface area contributed by atoms with Gasteiger partial charge in [0, 0.05) is 24.7 Å². The molecule has 0 spiro atoms. The molecule has 2 fully saturated rings. The zero-order chi connectivity index (χ0) is 14.8. The largest absolute Gasteiger partial charge is 0.398 e. The number of nitrogens with two attached hydrogens (primary N) is 1. The third-order valence-corrected chi connectivity index (χ3v) is 5.00. The van der Waals surface area contributed by atoms with E-state index in [4.69, 9.17) is 17.3 Å². The fraction of sp³-hybridized carbons (Fsp3) is 0.562. The average Bonchev–Trinajstić information content (AvgIpc) is 3.04. The van der Waals surface area contributed by atoms with Gasteiger partial charge in [0.2, 0.25) is 0 Å². The molecule has 4 nitrogen and oxygen atoms in total. The highest BCUT2D eigenvalue weighted by molar-refractivity contribution is 6.33. The van der Waals surface area contributed by atoms with Gasteiger partial charge in [-0.25, -0.2) is 0 Å². The molecule has 114 valence electrons. The van der Waals surface area contributed by atoms with Crippen LogP contribution in [0.25, 0.3) is 0 Å². The van der Waals surface area contributed by atoms with Gasteiger partial charge in [-0.2, -0.15) is 0 Å². The second-order valence-corrected chi connectivity index (χ2v) is 6.41. The van der Waals surface area contributed by atoms with Crippen LogP contribution in [0.15, 0.2) is 18.2 Å². The van der Waals surface area contributed by atoms with E-state index in [1.165, 1.54) is 25.9 Å². The molecule has 0 aliphatic carbocycles. The summed E-state index contributed by atoms with van der Waals surface area (Å²) in [6.07, 6.45) is 4.80. The lowest BCUT2D eigenvalue weighted by Crippen LogP contribution is -2.45. The van der Waals surface area contributed by atoms with Gasteiger partial charge >= 0.3 is 0 Å². The summed E-state index contributed by atoms with van der Waals surface area (Å²) in [5.74, 6) is 0.0678. The van der Waals surface area contributed by atoms with Crippen LogP contribution in [0.2, 0.25) is 5.02 Å². The fourth-order valence-corrected chi connectivity index (χ4v) is 3.52. The van der Waals surface area contributed by atoms with Crippen LogP contribution < -0.4 is 5.73 Å². The molecule has 5 heteroatoms. The first-order valence-corrected chi connectivity index (χ1v) is 8.11. The van der Waals surface area contributed by atoms with Crippen LogP contribution in [0, 0.1) is 0 Å². The van der Waals surface area contributed by atoms with Gasteiger partial charge in [0.25, 0.3) is 5.91 Å². The van der Waals surface area contributed by atoms with E-state index in [9.17, 15) is 4.79 Å². The van der Waals surface area contributed by atoms with Crippen molar-refractivity contribution in [2.24, 2.45) is 0 Å². The van der Waals surface area contributed by atoms with Crippen molar-refractivity contribution in [1.29, 1.82) is 0 Å². The summed E-state index contributed by atoms with van der Waals surface area (Å²) >= 11 is 5.91. The van der Waals surface area contributed by atoms with Gasteiger partial charge in [-0.05, 0) is 57.0 Å². The van der Waals surface area contributed by atoms with Crippen molar-refractivity contribution in [2.75, 3.05) is 31.9 Å². The normalized spacial score (nSPS) is 20.9. The summed E-state index contributed by atoms with van der Waals surface area (Å²) in [5.41, 5.74) is 6.89. The first-order valence-electron chi connectivity index (χ1n) is 7.73. The van der Waals surface area contributed by atoms with E-state index in [0.717, 1.165) is 25.9 Å². The highest BCUT2D eigenvalue weighted by Crippen LogP contribution is 2.24. The van der Waals surface area contributed by atoms with Crippen LogP contribution in [-0.4, -0.2) is 47.9 Å². The Labute approximate surface area is 130 Å². The first-order chi connectivity index (χ1) is 10.1. The Kier molecular flexibility index (Phi) is 4.36. The Hall–Kier alpha value is -1.26. The number of nitrogens with zero attached hydrogens (tertiary/aromatic N) is 2. The number of halogens is 1. The van der Waals surface area contributed by atoms with E-state index in [0.29, 0.717) is 22.3 Å². The molecule has 1 amide bonds. The smallest absolute Gasteiger partial charge is 0.253 e. The molecular formula is C16H22ClN3O. The molecule has 1 aromatic carbocycles. The molecule has 0 aromatic heterocycles. The number of nitrogen functional groups attached to an aromatic ring is 1. The van der Waals surface area contributed by atoms with E-state index >= 15 is 0 Å². The Balaban J connectivity index is 1.60. The Morgan fingerprint density at radius 3 is 2.43 bits per heavy atom. The summed E-state index contributed by atoms with van der Waals surface area (Å²) in [6, 6.07) is 5.79. The van der Waals surface area contributed by atoms with Gasteiger partial charge in [0.15, 0.2) is 0 Å². The number of benzene rings is 1. The summed E-state index contributed by atoms with van der Waals surface area (Å²) in [6.45, 7) is 4.13. The maximum absolute atomic E-state index is 12.5. The highest BCUT2D eigenvalue weighted by Gasteiger charge is 2.28. The standard InChI is InChI=1S/C16H22ClN3O/c17-14-4-3-12(11-15(14)18)16(21)20-9-5-13(6-10-20)19-7-1-2-8-19/h3-4,11,13H,1-2,5-10,18H2. The van der Waals surface area contributed by atoms with Gasteiger partial charge in [-0.1, -0.05) is 11.6 Å². The number of anilines is 1. The Morgan fingerprint density at radius 1 is 1.14 bits per heavy atom. The molecule has 2 saturated heterocycles. The predicted octanol–water partition coefficient (Wildman–Crippen LogP) is 2.62. The van der Waals surface area contributed by atoms with Crippen molar-refractivity contribution in [3.63, 3.8) is 0 Å². The number of rotatable bonds is 2. The first kappa shape index (κ1) is 14.7. The number of carbonyl (C=O) groups excluding carboxylic acids is 1. The van der Waals surface area contributed by atoms with Crippen molar-refractivity contribution in [3.8, 4) is 0 Å². The lowest BCUT2D eigenvalue weighted by Gasteiger charge is -2.36. The van der Waals surface area contributed by atoms with Crippen LogP contribution in [-0.2, 0) is 0 Å². The quantitative estimate of drug-likeness (QED) is 0.855. The van der Waals surface area contributed by atoms with Gasteiger partial charge in [-0.3, -0.25) is 4.79 Å². The Bertz CT molecular complexity index is 520. The number of piperidine rings is 1. The zero-order valence-corrected chi connectivity index (χ0v) is 13.0. The van der Waals surface area contributed by atoms with Gasteiger partial charge < -0.3 is 15.5 Å². The number of amides is 1.